The Balaban J connectivity index is 1.57. The van der Waals surface area contributed by atoms with Gasteiger partial charge in [0.15, 0.2) is 5.65 Å². The van der Waals surface area contributed by atoms with Crippen molar-refractivity contribution in [1.82, 2.24) is 24.6 Å². The predicted octanol–water partition coefficient (Wildman–Crippen LogP) is 4.52. The topological polar surface area (TPSA) is 81.8 Å². The van der Waals surface area contributed by atoms with E-state index in [0.29, 0.717) is 11.4 Å². The number of alkyl halides is 3. The minimum Gasteiger partial charge on any atom is -0.348 e. The summed E-state index contributed by atoms with van der Waals surface area (Å²) in [4.78, 5) is 29.7. The Morgan fingerprint density at radius 1 is 1.18 bits per heavy atom. The van der Waals surface area contributed by atoms with Gasteiger partial charge >= 0.3 is 6.18 Å². The van der Waals surface area contributed by atoms with E-state index in [9.17, 15) is 22.8 Å². The highest BCUT2D eigenvalue weighted by atomic mass is 35.5. The number of halogens is 4. The molecule has 0 saturated carbocycles. The van der Waals surface area contributed by atoms with Gasteiger partial charge in [-0.15, -0.1) is 0 Å². The van der Waals surface area contributed by atoms with E-state index in [1.807, 2.05) is 19.1 Å². The molecule has 0 spiro atoms. The first kappa shape index (κ1) is 23.5. The molecule has 0 radical (unpaired) electrons. The molecule has 11 heteroatoms. The van der Waals surface area contributed by atoms with Gasteiger partial charge in [-0.3, -0.25) is 14.2 Å². The molecule has 4 aromatic rings. The second-order valence-corrected chi connectivity index (χ2v) is 8.04. The maximum Gasteiger partial charge on any atom is 0.416 e. The second kappa shape index (κ2) is 9.30. The molecule has 0 unspecified atom stereocenters. The summed E-state index contributed by atoms with van der Waals surface area (Å²) in [5.74, 6) is -0.393. The Hall–Kier alpha value is -3.66. The molecule has 2 heterocycles. The molecule has 1 amide bonds. The highest BCUT2D eigenvalue weighted by Crippen LogP contribution is 2.30. The zero-order valence-corrected chi connectivity index (χ0v) is 18.6. The summed E-state index contributed by atoms with van der Waals surface area (Å²) < 4.78 is 41.5. The summed E-state index contributed by atoms with van der Waals surface area (Å²) in [6.45, 7) is 1.64. The molecule has 1 N–H and O–H groups in total. The number of rotatable bonds is 6. The average Bonchev–Trinajstić information content (AvgIpc) is 3.24. The van der Waals surface area contributed by atoms with Crippen LogP contribution in [0.4, 0.5) is 13.2 Å². The third-order valence-corrected chi connectivity index (χ3v) is 5.55. The SMILES string of the molecule is CC[C@@H](NC(=O)Cn1cnc2c(cnn2-c2cccc(C(F)(F)F)c2)c1=O)c1ccc(Cl)cc1. The average molecular weight is 490 g/mol. The summed E-state index contributed by atoms with van der Waals surface area (Å²) in [7, 11) is 0. The van der Waals surface area contributed by atoms with Crippen LogP contribution in [0.5, 0.6) is 0 Å². The van der Waals surface area contributed by atoms with E-state index in [2.05, 4.69) is 15.4 Å². The number of nitrogens with one attached hydrogen (secondary N) is 1. The molecule has 34 heavy (non-hydrogen) atoms. The molecule has 0 aliphatic carbocycles. The van der Waals surface area contributed by atoms with Gasteiger partial charge in [-0.05, 0) is 42.3 Å². The van der Waals surface area contributed by atoms with Crippen LogP contribution in [-0.4, -0.2) is 25.2 Å². The van der Waals surface area contributed by atoms with Crippen molar-refractivity contribution >= 4 is 28.5 Å². The molecule has 0 fully saturated rings. The number of nitrogens with zero attached hydrogens (tertiary/aromatic N) is 4. The van der Waals surface area contributed by atoms with Gasteiger partial charge in [0.2, 0.25) is 5.91 Å². The minimum absolute atomic E-state index is 0.0810. The maximum absolute atomic E-state index is 13.1. The lowest BCUT2D eigenvalue weighted by Crippen LogP contribution is -2.34. The first-order chi connectivity index (χ1) is 16.2. The van der Waals surface area contributed by atoms with Gasteiger partial charge in [-0.25, -0.2) is 9.67 Å². The Labute approximate surface area is 196 Å². The molecule has 2 aromatic carbocycles. The number of carbonyl (C=O) groups is 1. The lowest BCUT2D eigenvalue weighted by molar-refractivity contribution is -0.137. The van der Waals surface area contributed by atoms with Gasteiger partial charge in [-0.2, -0.15) is 18.3 Å². The summed E-state index contributed by atoms with van der Waals surface area (Å²) in [6, 6.07) is 11.4. The zero-order valence-electron chi connectivity index (χ0n) is 17.9. The van der Waals surface area contributed by atoms with Crippen molar-refractivity contribution < 1.29 is 18.0 Å². The summed E-state index contributed by atoms with van der Waals surface area (Å²) in [5.41, 5.74) is -0.291. The number of benzene rings is 2. The maximum atomic E-state index is 13.1. The number of hydrogen-bond acceptors (Lipinski definition) is 4. The summed E-state index contributed by atoms with van der Waals surface area (Å²) >= 11 is 5.92. The standard InChI is InChI=1S/C23H19ClF3N5O2/c1-2-19(14-6-8-16(24)9-7-14)30-20(33)12-31-13-28-21-18(22(31)34)11-29-32(21)17-5-3-4-15(10-17)23(25,26)27/h3-11,13,19H,2,12H2,1H3,(H,30,33)/t19-/m1/s1. The van der Waals surface area contributed by atoms with Crippen LogP contribution in [-0.2, 0) is 17.5 Å². The van der Waals surface area contributed by atoms with Crippen molar-refractivity contribution in [3.8, 4) is 5.69 Å². The molecule has 7 nitrogen and oxygen atoms in total. The summed E-state index contributed by atoms with van der Waals surface area (Å²) in [6.07, 6.45) is -1.49. The number of hydrogen-bond donors (Lipinski definition) is 1. The highest BCUT2D eigenvalue weighted by molar-refractivity contribution is 6.30. The predicted molar refractivity (Wildman–Crippen MR) is 121 cm³/mol. The van der Waals surface area contributed by atoms with Gasteiger partial charge in [0.1, 0.15) is 18.3 Å². The number of fused-ring (bicyclic) bond motifs is 1. The van der Waals surface area contributed by atoms with Crippen molar-refractivity contribution in [2.45, 2.75) is 32.1 Å². The molecular weight excluding hydrogens is 471 g/mol. The van der Waals surface area contributed by atoms with Crippen LogP contribution >= 0.6 is 11.6 Å². The molecule has 4 rings (SSSR count). The first-order valence-electron chi connectivity index (χ1n) is 10.3. The second-order valence-electron chi connectivity index (χ2n) is 7.60. The quantitative estimate of drug-likeness (QED) is 0.431. The Morgan fingerprint density at radius 3 is 2.59 bits per heavy atom. The Kier molecular flexibility index (Phi) is 6.43. The van der Waals surface area contributed by atoms with Crippen molar-refractivity contribution in [2.75, 3.05) is 0 Å². The van der Waals surface area contributed by atoms with Crippen molar-refractivity contribution in [3.63, 3.8) is 0 Å². The van der Waals surface area contributed by atoms with Crippen molar-refractivity contribution in [1.29, 1.82) is 0 Å². The van der Waals surface area contributed by atoms with Gasteiger partial charge < -0.3 is 5.32 Å². The van der Waals surface area contributed by atoms with Gasteiger partial charge in [0.05, 0.1) is 23.5 Å². The summed E-state index contributed by atoms with van der Waals surface area (Å²) in [5, 5.41) is 7.59. The van der Waals surface area contributed by atoms with Crippen LogP contribution in [0.25, 0.3) is 16.7 Å². The first-order valence-corrected chi connectivity index (χ1v) is 10.7. The van der Waals surface area contributed by atoms with E-state index in [1.165, 1.54) is 24.7 Å². The number of amides is 1. The number of aromatic nitrogens is 4. The highest BCUT2D eigenvalue weighted by Gasteiger charge is 2.30. The van der Waals surface area contributed by atoms with Crippen LogP contribution in [0, 0.1) is 0 Å². The molecule has 0 aliphatic rings. The molecule has 176 valence electrons. The molecule has 0 saturated heterocycles. The smallest absolute Gasteiger partial charge is 0.348 e. The number of carbonyl (C=O) groups excluding carboxylic acids is 1. The largest absolute Gasteiger partial charge is 0.416 e. The molecule has 2 aromatic heterocycles. The van der Waals surface area contributed by atoms with E-state index >= 15 is 0 Å². The molecule has 1 atom stereocenters. The molecular formula is C23H19ClF3N5O2. The van der Waals surface area contributed by atoms with Crippen molar-refractivity contribution in [3.05, 3.63) is 87.6 Å². The van der Waals surface area contributed by atoms with Gasteiger partial charge in [0.25, 0.3) is 5.56 Å². The third kappa shape index (κ3) is 4.81. The lowest BCUT2D eigenvalue weighted by atomic mass is 10.0. The minimum atomic E-state index is -4.52. The van der Waals surface area contributed by atoms with E-state index in [0.717, 1.165) is 26.9 Å². The van der Waals surface area contributed by atoms with Crippen LogP contribution in [0.3, 0.4) is 0 Å². The normalized spacial score (nSPS) is 12.6. The van der Waals surface area contributed by atoms with Crippen molar-refractivity contribution in [2.24, 2.45) is 0 Å². The van der Waals surface area contributed by atoms with Crippen LogP contribution in [0.2, 0.25) is 5.02 Å². The monoisotopic (exact) mass is 489 g/mol. The fraction of sp³-hybridized carbons (Fsp3) is 0.217. The molecule has 0 aliphatic heterocycles. The third-order valence-electron chi connectivity index (χ3n) is 5.30. The van der Waals surface area contributed by atoms with E-state index in [4.69, 9.17) is 11.6 Å². The fourth-order valence-corrected chi connectivity index (χ4v) is 3.70. The molecule has 0 bridgehead atoms. The van der Waals surface area contributed by atoms with Crippen LogP contribution < -0.4 is 10.9 Å². The fourth-order valence-electron chi connectivity index (χ4n) is 3.58. The van der Waals surface area contributed by atoms with Crippen LogP contribution in [0.15, 0.2) is 65.8 Å². The van der Waals surface area contributed by atoms with Crippen LogP contribution in [0.1, 0.15) is 30.5 Å². The van der Waals surface area contributed by atoms with E-state index in [-0.39, 0.29) is 29.3 Å². The van der Waals surface area contributed by atoms with E-state index in [1.54, 1.807) is 12.1 Å². The van der Waals surface area contributed by atoms with Gasteiger partial charge in [-0.1, -0.05) is 36.7 Å². The van der Waals surface area contributed by atoms with E-state index < -0.39 is 23.2 Å². The van der Waals surface area contributed by atoms with Gasteiger partial charge in [0, 0.05) is 5.02 Å². The lowest BCUT2D eigenvalue weighted by Gasteiger charge is -2.18. The Bertz CT molecular complexity index is 1400. The Morgan fingerprint density at radius 2 is 1.91 bits per heavy atom. The zero-order chi connectivity index (χ0) is 24.5.